The van der Waals surface area contributed by atoms with Gasteiger partial charge in [0.25, 0.3) is 0 Å². The lowest BCUT2D eigenvalue weighted by Gasteiger charge is -2.27. The number of hydrogen-bond donors (Lipinski definition) is 1. The summed E-state index contributed by atoms with van der Waals surface area (Å²) >= 11 is 0. The number of nitrogens with one attached hydrogen (secondary N) is 1. The molecular weight excluding hydrogens is 333 g/mol. The fourth-order valence-electron chi connectivity index (χ4n) is 3.19. The fourth-order valence-corrected chi connectivity index (χ4v) is 3.19. The number of carbonyl (C=O) groups excluding carboxylic acids is 1. The van der Waals surface area contributed by atoms with Gasteiger partial charge >= 0.3 is 12.1 Å². The van der Waals surface area contributed by atoms with Crippen LogP contribution in [0.25, 0.3) is 0 Å². The van der Waals surface area contributed by atoms with Crippen LogP contribution in [0.4, 0.5) is 18.9 Å². The third kappa shape index (κ3) is 2.83. The van der Waals surface area contributed by atoms with Crippen LogP contribution in [0.5, 0.6) is 0 Å². The van der Waals surface area contributed by atoms with Crippen LogP contribution in [0, 0.1) is 0 Å². The van der Waals surface area contributed by atoms with Gasteiger partial charge in [0.15, 0.2) is 0 Å². The van der Waals surface area contributed by atoms with Crippen molar-refractivity contribution in [1.82, 2.24) is 4.98 Å². The Morgan fingerprint density at radius 3 is 2.52 bits per heavy atom. The van der Waals surface area contributed by atoms with Gasteiger partial charge in [0.05, 0.1) is 35.7 Å². The minimum atomic E-state index is -4.43. The summed E-state index contributed by atoms with van der Waals surface area (Å²) in [5, 5.41) is 3.24. The van der Waals surface area contributed by atoms with E-state index in [1.165, 1.54) is 13.2 Å². The first-order valence-electron chi connectivity index (χ1n) is 7.67. The maximum Gasteiger partial charge on any atom is 0.417 e. The number of para-hydroxylation sites is 1. The molecule has 1 aliphatic rings. The summed E-state index contributed by atoms with van der Waals surface area (Å²) in [6.45, 7) is 3.91. The fraction of sp³-hybridized carbons (Fsp3) is 0.333. The Kier molecular flexibility index (Phi) is 3.97. The van der Waals surface area contributed by atoms with E-state index < -0.39 is 23.1 Å². The van der Waals surface area contributed by atoms with Gasteiger partial charge in [-0.25, -0.2) is 4.79 Å². The molecule has 0 saturated heterocycles. The van der Waals surface area contributed by atoms with Crippen LogP contribution in [0.1, 0.15) is 47.1 Å². The first-order valence-corrected chi connectivity index (χ1v) is 7.67. The summed E-state index contributed by atoms with van der Waals surface area (Å²) in [5.74, 6) is -0.471. The lowest BCUT2D eigenvalue weighted by molar-refractivity contribution is -0.137. The smallest absolute Gasteiger partial charge is 0.417 e. The van der Waals surface area contributed by atoms with E-state index in [4.69, 9.17) is 4.74 Å². The molecule has 0 bridgehead atoms. The van der Waals surface area contributed by atoms with Gasteiger partial charge in [0.2, 0.25) is 0 Å². The molecule has 2 aromatic rings. The van der Waals surface area contributed by atoms with Gasteiger partial charge < -0.3 is 10.1 Å². The summed E-state index contributed by atoms with van der Waals surface area (Å²) in [4.78, 5) is 16.0. The Bertz CT molecular complexity index is 814. The predicted molar refractivity (Wildman–Crippen MR) is 86.4 cm³/mol. The predicted octanol–water partition coefficient (Wildman–Crippen LogP) is 4.33. The Hall–Kier alpha value is -2.57. The summed E-state index contributed by atoms with van der Waals surface area (Å²) in [6, 6.07) is 7.32. The average molecular weight is 350 g/mol. The molecule has 25 heavy (non-hydrogen) atoms. The second-order valence-corrected chi connectivity index (χ2v) is 6.49. The van der Waals surface area contributed by atoms with E-state index in [9.17, 15) is 18.0 Å². The number of aromatic nitrogens is 1. The first-order chi connectivity index (χ1) is 11.7. The van der Waals surface area contributed by atoms with Gasteiger partial charge in [-0.2, -0.15) is 13.2 Å². The number of fused-ring (bicyclic) bond motifs is 1. The lowest BCUT2D eigenvalue weighted by atomic mass is 9.79. The molecule has 1 unspecified atom stereocenters. The zero-order valence-corrected chi connectivity index (χ0v) is 13.9. The lowest BCUT2D eigenvalue weighted by Crippen LogP contribution is -2.26. The van der Waals surface area contributed by atoms with E-state index in [0.29, 0.717) is 16.9 Å². The number of hydrogen-bond acceptors (Lipinski definition) is 4. The third-order valence-electron chi connectivity index (χ3n) is 4.58. The van der Waals surface area contributed by atoms with Crippen molar-refractivity contribution in [2.24, 2.45) is 0 Å². The summed E-state index contributed by atoms with van der Waals surface area (Å²) in [6.07, 6.45) is -3.59. The molecular formula is C18H17F3N2O2. The monoisotopic (exact) mass is 350 g/mol. The number of benzene rings is 1. The van der Waals surface area contributed by atoms with Gasteiger partial charge in [-0.3, -0.25) is 4.98 Å². The van der Waals surface area contributed by atoms with Crippen LogP contribution in [0.3, 0.4) is 0 Å². The van der Waals surface area contributed by atoms with E-state index >= 15 is 0 Å². The van der Waals surface area contributed by atoms with E-state index in [-0.39, 0.29) is 6.04 Å². The number of halogens is 3. The standard InChI is InChI=1S/C18H17F3N2O2/c1-17(2)12-6-4-5-11(16(24)25-3)14(12)23-15(17)13-8-7-10(9-22-13)18(19,20)21/h4-9,15,23H,1-3H3. The van der Waals surface area contributed by atoms with Crippen molar-refractivity contribution < 1.29 is 22.7 Å². The quantitative estimate of drug-likeness (QED) is 0.819. The number of esters is 1. The minimum absolute atomic E-state index is 0.365. The van der Waals surface area contributed by atoms with E-state index in [2.05, 4.69) is 10.3 Å². The molecule has 0 amide bonds. The molecule has 0 saturated carbocycles. The zero-order chi connectivity index (χ0) is 18.4. The highest BCUT2D eigenvalue weighted by atomic mass is 19.4. The van der Waals surface area contributed by atoms with Crippen molar-refractivity contribution in [3.05, 3.63) is 58.9 Å². The molecule has 1 aromatic heterocycles. The van der Waals surface area contributed by atoms with Crippen molar-refractivity contribution in [1.29, 1.82) is 0 Å². The number of alkyl halides is 3. The van der Waals surface area contributed by atoms with E-state index in [0.717, 1.165) is 17.8 Å². The third-order valence-corrected chi connectivity index (χ3v) is 4.58. The molecule has 2 heterocycles. The number of methoxy groups -OCH3 is 1. The van der Waals surface area contributed by atoms with Crippen molar-refractivity contribution in [2.45, 2.75) is 31.5 Å². The second kappa shape index (κ2) is 5.75. The van der Waals surface area contributed by atoms with E-state index in [1.807, 2.05) is 19.9 Å². The Balaban J connectivity index is 2.01. The van der Waals surface area contributed by atoms with Crippen LogP contribution in [0.2, 0.25) is 0 Å². The molecule has 7 heteroatoms. The van der Waals surface area contributed by atoms with Gasteiger partial charge in [0, 0.05) is 11.6 Å². The molecule has 0 fully saturated rings. The summed E-state index contributed by atoms with van der Waals surface area (Å²) in [7, 11) is 1.30. The largest absolute Gasteiger partial charge is 0.465 e. The molecule has 3 rings (SSSR count). The summed E-state index contributed by atoms with van der Waals surface area (Å²) in [5.41, 5.74) is 1.13. The Morgan fingerprint density at radius 2 is 1.96 bits per heavy atom. The molecule has 132 valence electrons. The molecule has 1 aromatic carbocycles. The highest BCUT2D eigenvalue weighted by Crippen LogP contribution is 2.49. The van der Waals surface area contributed by atoms with E-state index in [1.54, 1.807) is 12.1 Å². The topological polar surface area (TPSA) is 51.2 Å². The number of ether oxygens (including phenoxy) is 1. The highest BCUT2D eigenvalue weighted by Gasteiger charge is 2.43. The molecule has 1 N–H and O–H groups in total. The van der Waals surface area contributed by atoms with Gasteiger partial charge in [0.1, 0.15) is 0 Å². The van der Waals surface area contributed by atoms with Crippen molar-refractivity contribution in [2.75, 3.05) is 12.4 Å². The molecule has 1 aliphatic heterocycles. The van der Waals surface area contributed by atoms with Crippen molar-refractivity contribution >= 4 is 11.7 Å². The average Bonchev–Trinajstić information content (AvgIpc) is 2.85. The molecule has 0 aliphatic carbocycles. The van der Waals surface area contributed by atoms with Crippen LogP contribution in [0.15, 0.2) is 36.5 Å². The normalized spacial score (nSPS) is 18.4. The minimum Gasteiger partial charge on any atom is -0.465 e. The van der Waals surface area contributed by atoms with Crippen molar-refractivity contribution in [3.63, 3.8) is 0 Å². The number of rotatable bonds is 2. The maximum atomic E-state index is 12.7. The van der Waals surface area contributed by atoms with Crippen LogP contribution in [-0.2, 0) is 16.3 Å². The van der Waals surface area contributed by atoms with Crippen LogP contribution in [-0.4, -0.2) is 18.1 Å². The summed E-state index contributed by atoms with van der Waals surface area (Å²) < 4.78 is 43.0. The van der Waals surface area contributed by atoms with Gasteiger partial charge in [-0.1, -0.05) is 26.0 Å². The SMILES string of the molecule is COC(=O)c1cccc2c1NC(c1ccc(C(F)(F)F)cn1)C2(C)C. The number of carbonyl (C=O) groups is 1. The molecule has 1 atom stereocenters. The number of nitrogens with zero attached hydrogens (tertiary/aromatic N) is 1. The molecule has 4 nitrogen and oxygen atoms in total. The second-order valence-electron chi connectivity index (χ2n) is 6.49. The molecule has 0 spiro atoms. The van der Waals surface area contributed by atoms with Gasteiger partial charge in [-0.05, 0) is 23.8 Å². The van der Waals surface area contributed by atoms with Crippen LogP contribution < -0.4 is 5.32 Å². The molecule has 0 radical (unpaired) electrons. The Morgan fingerprint density at radius 1 is 1.24 bits per heavy atom. The Labute approximate surface area is 143 Å². The number of pyridine rings is 1. The van der Waals surface area contributed by atoms with Gasteiger partial charge in [-0.15, -0.1) is 0 Å². The number of anilines is 1. The van der Waals surface area contributed by atoms with Crippen molar-refractivity contribution in [3.8, 4) is 0 Å². The maximum absolute atomic E-state index is 12.7. The first kappa shape index (κ1) is 17.3. The van der Waals surface area contributed by atoms with Crippen LogP contribution >= 0.6 is 0 Å². The highest BCUT2D eigenvalue weighted by molar-refractivity contribution is 5.97. The zero-order valence-electron chi connectivity index (χ0n) is 13.9.